The van der Waals surface area contributed by atoms with Crippen molar-refractivity contribution in [2.45, 2.75) is 29.4 Å². The number of carbonyl (C=O) groups is 1. The van der Waals surface area contributed by atoms with E-state index in [1.54, 1.807) is 0 Å². The molecule has 0 aliphatic heterocycles. The van der Waals surface area contributed by atoms with Crippen molar-refractivity contribution in [2.24, 2.45) is 17.8 Å². The largest absolute Gasteiger partial charge is 1.00 e. The van der Waals surface area contributed by atoms with Crippen molar-refractivity contribution in [1.82, 2.24) is 3.30 Å². The van der Waals surface area contributed by atoms with Crippen molar-refractivity contribution in [2.75, 3.05) is 0 Å². The van der Waals surface area contributed by atoms with Gasteiger partial charge in [0.15, 0.2) is 0 Å². The molecule has 7 rings (SSSR count). The maximum absolute atomic E-state index is 14.2. The number of halogens is 2. The SMILES string of the molecule is O=C([NH][Hf+2]([CH]1c2ccccc2-c2ccccc21)[SiH](c1ccccc1)c1ccccc1)C1CC2CCC1C2.[Cl-].[Cl-]. The van der Waals surface area contributed by atoms with Gasteiger partial charge in [-0.1, -0.05) is 0 Å². The Morgan fingerprint density at radius 2 is 1.18 bits per heavy atom. The molecular weight excluding hydrogens is 704 g/mol. The van der Waals surface area contributed by atoms with Crippen LogP contribution < -0.4 is 38.5 Å². The minimum atomic E-state index is -2.98. The van der Waals surface area contributed by atoms with Crippen molar-refractivity contribution in [3.05, 3.63) is 120 Å². The summed E-state index contributed by atoms with van der Waals surface area (Å²) in [4.78, 5) is 14.2. The Morgan fingerprint density at radius 1 is 0.667 bits per heavy atom. The summed E-state index contributed by atoms with van der Waals surface area (Å²) in [6.07, 6.45) is 4.95. The van der Waals surface area contributed by atoms with Crippen molar-refractivity contribution < 1.29 is 50.5 Å². The molecule has 6 heteroatoms. The van der Waals surface area contributed by atoms with Gasteiger partial charge in [0.1, 0.15) is 0 Å². The Hall–Kier alpha value is -1.98. The summed E-state index contributed by atoms with van der Waals surface area (Å²) in [7, 11) is 0. The van der Waals surface area contributed by atoms with Gasteiger partial charge < -0.3 is 24.8 Å². The Morgan fingerprint density at radius 3 is 1.67 bits per heavy atom. The molecule has 2 nitrogen and oxygen atoms in total. The van der Waals surface area contributed by atoms with Crippen LogP contribution in [0.1, 0.15) is 40.5 Å². The van der Waals surface area contributed by atoms with Gasteiger partial charge in [0.05, 0.1) is 0 Å². The molecule has 0 heterocycles. The van der Waals surface area contributed by atoms with Gasteiger partial charge in [-0.25, -0.2) is 0 Å². The second-order valence-electron chi connectivity index (χ2n) is 11.1. The summed E-state index contributed by atoms with van der Waals surface area (Å²) < 4.78 is 4.36. The second-order valence-corrected chi connectivity index (χ2v) is 30.8. The van der Waals surface area contributed by atoms with Gasteiger partial charge in [0, 0.05) is 0 Å². The monoisotopic (exact) mass is 736 g/mol. The predicted molar refractivity (Wildman–Crippen MR) is 150 cm³/mol. The van der Waals surface area contributed by atoms with Gasteiger partial charge in [-0.3, -0.25) is 0 Å². The van der Waals surface area contributed by atoms with E-state index in [1.807, 2.05) is 0 Å². The molecular formula is C33H32Cl2HfNOSi. The molecule has 0 saturated heterocycles. The number of rotatable bonds is 6. The number of hydrogen-bond acceptors (Lipinski definition) is 1. The molecule has 3 aliphatic rings. The van der Waals surface area contributed by atoms with Crippen LogP contribution in [-0.4, -0.2) is 11.9 Å². The van der Waals surface area contributed by atoms with E-state index < -0.39 is 26.9 Å². The molecule has 0 spiro atoms. The van der Waals surface area contributed by atoms with Crippen molar-refractivity contribution in [1.29, 1.82) is 0 Å². The molecule has 0 radical (unpaired) electrons. The summed E-state index contributed by atoms with van der Waals surface area (Å²) in [6, 6.07) is 40.3. The van der Waals surface area contributed by atoms with Crippen LogP contribution >= 0.6 is 0 Å². The Kier molecular flexibility index (Phi) is 8.97. The molecule has 2 saturated carbocycles. The quantitative estimate of drug-likeness (QED) is 0.264. The van der Waals surface area contributed by atoms with Crippen LogP contribution in [0.2, 0.25) is 0 Å². The van der Waals surface area contributed by atoms with Crippen LogP contribution in [0.25, 0.3) is 11.1 Å². The number of carbonyl (C=O) groups excluding carboxylic acids is 1. The number of hydrogen-bond donors (Lipinski definition) is 1. The molecule has 2 bridgehead atoms. The summed E-state index contributed by atoms with van der Waals surface area (Å²) in [5.74, 6) is 0.328. The van der Waals surface area contributed by atoms with Gasteiger partial charge >= 0.3 is 230 Å². The Bertz CT molecular complexity index is 1350. The Balaban J connectivity index is 0.00000154. The van der Waals surface area contributed by atoms with E-state index in [-0.39, 0.29) is 30.7 Å². The predicted octanol–water partition coefficient (Wildman–Crippen LogP) is -0.612. The molecule has 1 N–H and O–H groups in total. The zero-order valence-electron chi connectivity index (χ0n) is 21.8. The molecule has 0 aromatic heterocycles. The van der Waals surface area contributed by atoms with Gasteiger partial charge in [-0.2, -0.15) is 0 Å². The van der Waals surface area contributed by atoms with Crippen LogP contribution in [0.3, 0.4) is 0 Å². The van der Waals surface area contributed by atoms with Crippen molar-refractivity contribution >= 4 is 22.3 Å². The standard InChI is InChI=1S/C13H9.C12H11Si.C8H13NO.2ClH.Hf/c1-3-7-12-10(5-1)9-11-6-2-4-8-13(11)12;1-3-7-11(8-4-1)13-12-9-5-2-6-10-12;9-8(10)7-4-5-1-2-6(7)3-5;;;/h1-9H;1-10,13H;5-7H,1-4H2,(H2,9,10);2*1H;/q;;;;;+3/p-3. The maximum atomic E-state index is 14.2. The van der Waals surface area contributed by atoms with Crippen LogP contribution in [0.15, 0.2) is 109 Å². The van der Waals surface area contributed by atoms with Crippen LogP contribution in [0.4, 0.5) is 0 Å². The number of nitrogens with one attached hydrogen (secondary N) is 1. The topological polar surface area (TPSA) is 29.1 Å². The number of benzene rings is 4. The molecule has 1 amide bonds. The van der Waals surface area contributed by atoms with E-state index in [0.29, 0.717) is 15.5 Å². The van der Waals surface area contributed by atoms with E-state index in [9.17, 15) is 4.79 Å². The minimum absolute atomic E-state index is 0. The average molecular weight is 736 g/mol. The normalized spacial score (nSPS) is 20.5. The van der Waals surface area contributed by atoms with Crippen LogP contribution in [0, 0.1) is 17.8 Å². The van der Waals surface area contributed by atoms with Crippen LogP contribution in [0.5, 0.6) is 0 Å². The summed E-state index contributed by atoms with van der Waals surface area (Å²) in [5, 5.41) is 2.96. The number of fused-ring (bicyclic) bond motifs is 5. The Labute approximate surface area is 253 Å². The van der Waals surface area contributed by atoms with E-state index in [1.165, 1.54) is 51.9 Å². The zero-order valence-corrected chi connectivity index (χ0v) is 28.0. The van der Waals surface area contributed by atoms with Crippen molar-refractivity contribution in [3.63, 3.8) is 0 Å². The molecule has 3 unspecified atom stereocenters. The first kappa shape index (κ1) is 28.5. The molecule has 39 heavy (non-hydrogen) atoms. The van der Waals surface area contributed by atoms with E-state index in [2.05, 4.69) is 112 Å². The van der Waals surface area contributed by atoms with E-state index in [0.717, 1.165) is 12.3 Å². The molecule has 197 valence electrons. The van der Waals surface area contributed by atoms with Crippen LogP contribution in [-0.2, 0) is 25.7 Å². The first-order valence-electron chi connectivity index (χ1n) is 13.7. The van der Waals surface area contributed by atoms with E-state index in [4.69, 9.17) is 0 Å². The molecule has 2 fully saturated rings. The zero-order chi connectivity index (χ0) is 24.8. The first-order valence-corrected chi connectivity index (χ1v) is 25.6. The van der Waals surface area contributed by atoms with Gasteiger partial charge in [0.2, 0.25) is 0 Å². The fourth-order valence-corrected chi connectivity index (χ4v) is 37.8. The summed E-state index contributed by atoms with van der Waals surface area (Å²) >= 11 is -2.98. The molecule has 4 aromatic carbocycles. The van der Waals surface area contributed by atoms with Crippen molar-refractivity contribution in [3.8, 4) is 11.1 Å². The minimum Gasteiger partial charge on any atom is -1.00 e. The second kappa shape index (κ2) is 12.3. The van der Waals surface area contributed by atoms with Gasteiger partial charge in [-0.15, -0.1) is 0 Å². The molecule has 4 aromatic rings. The fraction of sp³-hybridized carbons (Fsp3) is 0.242. The maximum Gasteiger partial charge on any atom is -1.00 e. The average Bonchev–Trinajstić information content (AvgIpc) is 3.67. The summed E-state index contributed by atoms with van der Waals surface area (Å²) in [6.45, 7) is 0. The molecule has 3 atom stereocenters. The third kappa shape index (κ3) is 5.26. The third-order valence-corrected chi connectivity index (χ3v) is 36.0. The fourth-order valence-electron chi connectivity index (χ4n) is 7.44. The van der Waals surface area contributed by atoms with E-state index >= 15 is 0 Å². The smallest absolute Gasteiger partial charge is 1.00 e. The molecule has 3 aliphatic carbocycles. The number of amides is 1. The van der Waals surface area contributed by atoms with Gasteiger partial charge in [-0.05, 0) is 0 Å². The summed E-state index contributed by atoms with van der Waals surface area (Å²) in [5.41, 5.74) is 5.63. The first-order chi connectivity index (χ1) is 18.3. The van der Waals surface area contributed by atoms with Gasteiger partial charge in [0.25, 0.3) is 0 Å². The third-order valence-electron chi connectivity index (χ3n) is 9.06.